The zero-order valence-electron chi connectivity index (χ0n) is 11.2. The van der Waals surface area contributed by atoms with Gasteiger partial charge in [-0.15, -0.1) is 11.3 Å². The van der Waals surface area contributed by atoms with Crippen LogP contribution in [-0.2, 0) is 0 Å². The third-order valence-electron chi connectivity index (χ3n) is 3.57. The Hall–Kier alpha value is -2.53. The standard InChI is InChI=1S/C16H10N2O2S/c1-9-8-21-16(17-9)18-14(19)11-6-2-4-10-5-3-7-12(13(10)11)15(18)20/h2-8H,1H3. The first-order chi connectivity index (χ1) is 10.2. The van der Waals surface area contributed by atoms with Crippen LogP contribution in [-0.4, -0.2) is 16.8 Å². The molecule has 0 N–H and O–H groups in total. The number of anilines is 1. The van der Waals surface area contributed by atoms with E-state index in [-0.39, 0.29) is 11.8 Å². The Morgan fingerprint density at radius 1 is 1.00 bits per heavy atom. The lowest BCUT2D eigenvalue weighted by Crippen LogP contribution is -2.40. The number of aryl methyl sites for hydroxylation is 1. The largest absolute Gasteiger partial charge is 0.268 e. The van der Waals surface area contributed by atoms with Crippen LogP contribution in [0, 0.1) is 6.92 Å². The highest BCUT2D eigenvalue weighted by molar-refractivity contribution is 7.14. The van der Waals surface area contributed by atoms with Crippen molar-refractivity contribution in [2.75, 3.05) is 4.90 Å². The summed E-state index contributed by atoms with van der Waals surface area (Å²) < 4.78 is 0. The number of amides is 2. The Bertz CT molecular complexity index is 863. The van der Waals surface area contributed by atoms with Crippen LogP contribution in [0.5, 0.6) is 0 Å². The van der Waals surface area contributed by atoms with E-state index in [1.807, 2.05) is 36.6 Å². The molecule has 1 aliphatic heterocycles. The Morgan fingerprint density at radius 3 is 2.14 bits per heavy atom. The van der Waals surface area contributed by atoms with Crippen LogP contribution in [0.2, 0.25) is 0 Å². The highest BCUT2D eigenvalue weighted by Crippen LogP contribution is 2.33. The first-order valence-electron chi connectivity index (χ1n) is 6.49. The zero-order chi connectivity index (χ0) is 14.6. The van der Waals surface area contributed by atoms with E-state index in [1.54, 1.807) is 12.1 Å². The first-order valence-corrected chi connectivity index (χ1v) is 7.37. The molecule has 3 aromatic rings. The van der Waals surface area contributed by atoms with Crippen molar-refractivity contribution in [1.29, 1.82) is 0 Å². The van der Waals surface area contributed by atoms with E-state index >= 15 is 0 Å². The average molecular weight is 294 g/mol. The van der Waals surface area contributed by atoms with E-state index in [0.717, 1.165) is 16.5 Å². The van der Waals surface area contributed by atoms with E-state index in [1.165, 1.54) is 16.2 Å². The van der Waals surface area contributed by atoms with Gasteiger partial charge >= 0.3 is 0 Å². The SMILES string of the molecule is Cc1csc(N2C(=O)c3cccc4cccc(c34)C2=O)n1. The molecule has 2 aromatic carbocycles. The molecule has 1 aliphatic rings. The lowest BCUT2D eigenvalue weighted by molar-refractivity contribution is 0.0893. The van der Waals surface area contributed by atoms with Crippen LogP contribution in [0.4, 0.5) is 5.13 Å². The van der Waals surface area contributed by atoms with E-state index in [0.29, 0.717) is 16.3 Å². The summed E-state index contributed by atoms with van der Waals surface area (Å²) >= 11 is 1.30. The molecule has 0 saturated carbocycles. The Balaban J connectivity index is 2.01. The van der Waals surface area contributed by atoms with Gasteiger partial charge in [0.05, 0.1) is 5.69 Å². The quantitative estimate of drug-likeness (QED) is 0.646. The smallest absolute Gasteiger partial charge is 0.267 e. The van der Waals surface area contributed by atoms with Gasteiger partial charge in [-0.05, 0) is 24.4 Å². The predicted molar refractivity (Wildman–Crippen MR) is 81.9 cm³/mol. The summed E-state index contributed by atoms with van der Waals surface area (Å²) in [6.45, 7) is 1.84. The molecule has 0 fully saturated rings. The van der Waals surface area contributed by atoms with Gasteiger partial charge < -0.3 is 0 Å². The third kappa shape index (κ3) is 1.64. The molecule has 0 bridgehead atoms. The van der Waals surface area contributed by atoms with Gasteiger partial charge in [0.1, 0.15) is 0 Å². The fourth-order valence-electron chi connectivity index (χ4n) is 2.65. The fraction of sp³-hybridized carbons (Fsp3) is 0.0625. The van der Waals surface area contributed by atoms with Gasteiger partial charge in [0.15, 0.2) is 5.13 Å². The summed E-state index contributed by atoms with van der Waals surface area (Å²) in [4.78, 5) is 30.8. The van der Waals surface area contributed by atoms with Gasteiger partial charge in [-0.3, -0.25) is 9.59 Å². The molecule has 0 aliphatic carbocycles. The van der Waals surface area contributed by atoms with Crippen LogP contribution in [0.3, 0.4) is 0 Å². The molecule has 4 nitrogen and oxygen atoms in total. The maximum Gasteiger partial charge on any atom is 0.267 e. The average Bonchev–Trinajstić information content (AvgIpc) is 2.91. The molecular formula is C16H10N2O2S. The van der Waals surface area contributed by atoms with Crippen molar-refractivity contribution in [2.45, 2.75) is 6.92 Å². The zero-order valence-corrected chi connectivity index (χ0v) is 12.0. The third-order valence-corrected chi connectivity index (χ3v) is 4.51. The van der Waals surface area contributed by atoms with Crippen molar-refractivity contribution in [1.82, 2.24) is 4.98 Å². The minimum absolute atomic E-state index is 0.307. The maximum absolute atomic E-state index is 12.7. The second kappa shape index (κ2) is 4.23. The summed E-state index contributed by atoms with van der Waals surface area (Å²) in [7, 11) is 0. The molecule has 5 heteroatoms. The van der Waals surface area contributed by atoms with Crippen molar-refractivity contribution < 1.29 is 9.59 Å². The monoisotopic (exact) mass is 294 g/mol. The Labute approximate surface area is 124 Å². The number of carbonyl (C=O) groups excluding carboxylic acids is 2. The molecule has 2 amide bonds. The molecule has 102 valence electrons. The van der Waals surface area contributed by atoms with E-state index < -0.39 is 0 Å². The van der Waals surface area contributed by atoms with Crippen LogP contribution in [0.15, 0.2) is 41.8 Å². The van der Waals surface area contributed by atoms with Gasteiger partial charge in [0.2, 0.25) is 0 Å². The Morgan fingerprint density at radius 2 is 1.62 bits per heavy atom. The highest BCUT2D eigenvalue weighted by Gasteiger charge is 2.35. The van der Waals surface area contributed by atoms with E-state index in [2.05, 4.69) is 4.98 Å². The number of rotatable bonds is 1. The summed E-state index contributed by atoms with van der Waals surface area (Å²) in [5.74, 6) is -0.614. The second-order valence-corrected chi connectivity index (χ2v) is 5.76. The molecule has 0 atom stereocenters. The van der Waals surface area contributed by atoms with Gasteiger partial charge in [0, 0.05) is 21.9 Å². The van der Waals surface area contributed by atoms with E-state index in [9.17, 15) is 9.59 Å². The van der Waals surface area contributed by atoms with Crippen molar-refractivity contribution in [2.24, 2.45) is 0 Å². The minimum atomic E-state index is -0.307. The lowest BCUT2D eigenvalue weighted by Gasteiger charge is -2.25. The normalized spacial score (nSPS) is 14.0. The number of nitrogens with zero attached hydrogens (tertiary/aromatic N) is 2. The van der Waals surface area contributed by atoms with Gasteiger partial charge in [-0.1, -0.05) is 24.3 Å². The summed E-state index contributed by atoms with van der Waals surface area (Å²) in [5, 5.41) is 3.90. The summed E-state index contributed by atoms with van der Waals surface area (Å²) in [6.07, 6.45) is 0. The molecule has 0 radical (unpaired) electrons. The fourth-order valence-corrected chi connectivity index (χ4v) is 3.45. The maximum atomic E-state index is 12.7. The molecule has 0 unspecified atom stereocenters. The minimum Gasteiger partial charge on any atom is -0.268 e. The second-order valence-electron chi connectivity index (χ2n) is 4.93. The van der Waals surface area contributed by atoms with Gasteiger partial charge in [0.25, 0.3) is 11.8 Å². The Kier molecular flexibility index (Phi) is 2.46. The molecule has 0 saturated heterocycles. The highest BCUT2D eigenvalue weighted by atomic mass is 32.1. The molecule has 1 aromatic heterocycles. The van der Waals surface area contributed by atoms with Crippen LogP contribution in [0.1, 0.15) is 26.4 Å². The van der Waals surface area contributed by atoms with Crippen molar-refractivity contribution in [3.63, 3.8) is 0 Å². The first kappa shape index (κ1) is 12.2. The van der Waals surface area contributed by atoms with E-state index in [4.69, 9.17) is 0 Å². The number of benzene rings is 2. The van der Waals surface area contributed by atoms with Crippen molar-refractivity contribution in [3.05, 3.63) is 58.6 Å². The van der Waals surface area contributed by atoms with Gasteiger partial charge in [-0.25, -0.2) is 9.88 Å². The molecule has 21 heavy (non-hydrogen) atoms. The number of thiazole rings is 1. The van der Waals surface area contributed by atoms with Crippen molar-refractivity contribution in [3.8, 4) is 0 Å². The number of hydrogen-bond acceptors (Lipinski definition) is 4. The van der Waals surface area contributed by atoms with Gasteiger partial charge in [-0.2, -0.15) is 0 Å². The molecule has 4 rings (SSSR count). The number of imide groups is 1. The number of hydrogen-bond donors (Lipinski definition) is 0. The number of aromatic nitrogens is 1. The van der Waals surface area contributed by atoms with Crippen LogP contribution < -0.4 is 4.90 Å². The molecule has 0 spiro atoms. The van der Waals surface area contributed by atoms with Crippen molar-refractivity contribution >= 4 is 39.1 Å². The number of carbonyl (C=O) groups is 2. The van der Waals surface area contributed by atoms with Crippen LogP contribution in [0.25, 0.3) is 10.8 Å². The topological polar surface area (TPSA) is 50.3 Å². The summed E-state index contributed by atoms with van der Waals surface area (Å²) in [5.41, 5.74) is 1.90. The lowest BCUT2D eigenvalue weighted by atomic mass is 9.94. The molecular weight excluding hydrogens is 284 g/mol. The predicted octanol–water partition coefficient (Wildman–Crippen LogP) is 3.41. The van der Waals surface area contributed by atoms with Crippen LogP contribution >= 0.6 is 11.3 Å². The summed E-state index contributed by atoms with van der Waals surface area (Å²) in [6, 6.07) is 11.0. The molecule has 2 heterocycles.